The summed E-state index contributed by atoms with van der Waals surface area (Å²) in [6.45, 7) is 1.49. The molecule has 0 bridgehead atoms. The highest BCUT2D eigenvalue weighted by Gasteiger charge is 2.69. The molecule has 0 aromatic rings. The Kier molecular flexibility index (Phi) is 10.8. The fourth-order valence-electron chi connectivity index (χ4n) is 2.73. The van der Waals surface area contributed by atoms with E-state index in [2.05, 4.69) is 16.0 Å². The number of likely N-dealkylation sites (N-methyl/N-ethyl adjacent to an activating group) is 1. The molecule has 10 N–H and O–H groups in total. The molecular formula is C14H30N8O8P+. The summed E-state index contributed by atoms with van der Waals surface area (Å²) in [5.41, 5.74) is 10.6. The molecule has 0 fully saturated rings. The average molecular weight is 469 g/mol. The van der Waals surface area contributed by atoms with Crippen LogP contribution in [-0.2, 0) is 18.9 Å². The zero-order valence-corrected chi connectivity index (χ0v) is 18.3. The van der Waals surface area contributed by atoms with Crippen LogP contribution in [0.4, 0.5) is 0 Å². The summed E-state index contributed by atoms with van der Waals surface area (Å²) in [6, 6.07) is -3.30. The number of nitro groups is 1. The first kappa shape index (κ1) is 28.5. The number of carbonyl (C=O) groups is 3. The number of rotatable bonds is 12. The number of hydrogen-bond acceptors (Lipinski definition) is 9. The third kappa shape index (κ3) is 7.30. The summed E-state index contributed by atoms with van der Waals surface area (Å²) >= 11 is 0. The first-order chi connectivity index (χ1) is 14.1. The lowest BCUT2D eigenvalue weighted by Crippen LogP contribution is -2.72. The number of amides is 3. The van der Waals surface area contributed by atoms with E-state index in [0.717, 1.165) is 6.92 Å². The molecule has 4 atom stereocenters. The van der Waals surface area contributed by atoms with E-state index in [0.29, 0.717) is 6.92 Å². The van der Waals surface area contributed by atoms with E-state index in [1.54, 1.807) is 0 Å². The zero-order chi connectivity index (χ0) is 24.6. The third-order valence-electron chi connectivity index (χ3n) is 4.30. The maximum atomic E-state index is 13.3. The third-order valence-corrected chi connectivity index (χ3v) is 5.61. The molecule has 0 rings (SSSR count). The lowest BCUT2D eigenvalue weighted by atomic mass is 10.1. The summed E-state index contributed by atoms with van der Waals surface area (Å²) in [5, 5.41) is 24.9. The molecule has 0 aliphatic carbocycles. The fraction of sp³-hybridized carbons (Fsp3) is 0.714. The number of nitrogens with zero attached hydrogens (tertiary/aromatic N) is 2. The van der Waals surface area contributed by atoms with Gasteiger partial charge >= 0.3 is 19.4 Å². The van der Waals surface area contributed by atoms with Crippen LogP contribution in [-0.4, -0.2) is 81.1 Å². The minimum atomic E-state index is -5.36. The van der Waals surface area contributed by atoms with Crippen molar-refractivity contribution in [2.45, 2.75) is 44.6 Å². The topological polar surface area (TPSA) is 264 Å². The Balaban J connectivity index is 6.40. The van der Waals surface area contributed by atoms with Crippen LogP contribution in [0, 0.1) is 15.5 Å². The maximum Gasteiger partial charge on any atom is 0.405 e. The summed E-state index contributed by atoms with van der Waals surface area (Å²) in [7, 11) is -3.93. The van der Waals surface area contributed by atoms with E-state index in [9.17, 15) is 38.8 Å². The first-order valence-corrected chi connectivity index (χ1v) is 10.8. The Labute approximate surface area is 178 Å². The number of nitrogens with one attached hydrogen (secondary N) is 4. The second kappa shape index (κ2) is 11.8. The molecule has 1 unspecified atom stereocenters. The van der Waals surface area contributed by atoms with Crippen molar-refractivity contribution in [1.29, 1.82) is 5.41 Å². The first-order valence-electron chi connectivity index (χ1n) is 9.09. The van der Waals surface area contributed by atoms with Gasteiger partial charge in [0.15, 0.2) is 12.0 Å². The van der Waals surface area contributed by atoms with Crippen molar-refractivity contribution in [1.82, 2.24) is 16.0 Å². The second-order valence-electron chi connectivity index (χ2n) is 6.74. The molecule has 0 spiro atoms. The molecule has 16 nitrogen and oxygen atoms in total. The largest absolute Gasteiger partial charge is 0.405 e. The lowest BCUT2D eigenvalue weighted by molar-refractivity contribution is -1.24. The van der Waals surface area contributed by atoms with Crippen LogP contribution in [0.1, 0.15) is 26.7 Å². The fourth-order valence-corrected chi connectivity index (χ4v) is 3.48. The summed E-state index contributed by atoms with van der Waals surface area (Å²) in [4.78, 5) is 69.2. The molecule has 178 valence electrons. The number of carbonyl (C=O) groups excluding carboxylic acids is 3. The maximum absolute atomic E-state index is 13.3. The van der Waals surface area contributed by atoms with Crippen molar-refractivity contribution in [3.8, 4) is 0 Å². The Morgan fingerprint density at radius 2 is 1.81 bits per heavy atom. The van der Waals surface area contributed by atoms with Crippen molar-refractivity contribution in [2.24, 2.45) is 11.5 Å². The van der Waals surface area contributed by atoms with Crippen LogP contribution in [0.25, 0.3) is 0 Å². The Bertz CT molecular complexity index is 757. The SMILES string of the molecule is CNCC(=O)N[C@@H](CCCNC(=N)N)C(=O)[N+](C(=O)[C@H](C)N)([C@@H](C)P(=O)(O)O)[N+](=O)[O-]. The zero-order valence-electron chi connectivity index (χ0n) is 17.4. The van der Waals surface area contributed by atoms with Crippen molar-refractivity contribution in [3.63, 3.8) is 0 Å². The predicted octanol–water partition coefficient (Wildman–Crippen LogP) is -3.11. The van der Waals surface area contributed by atoms with Gasteiger partial charge in [-0.2, -0.15) is 0 Å². The van der Waals surface area contributed by atoms with Crippen LogP contribution in [0.2, 0.25) is 0 Å². The van der Waals surface area contributed by atoms with Gasteiger partial charge in [-0.1, -0.05) is 0 Å². The quantitative estimate of drug-likeness (QED) is 0.0268. The van der Waals surface area contributed by atoms with Gasteiger partial charge in [0.2, 0.25) is 5.91 Å². The number of nitrogens with two attached hydrogens (primary N) is 2. The summed E-state index contributed by atoms with van der Waals surface area (Å²) in [6.07, 6.45) is -0.202. The number of quaternary nitrogens is 1. The van der Waals surface area contributed by atoms with Gasteiger partial charge in [-0.05, 0) is 26.8 Å². The van der Waals surface area contributed by atoms with E-state index >= 15 is 0 Å². The van der Waals surface area contributed by atoms with Crippen molar-refractivity contribution >= 4 is 31.3 Å². The molecule has 0 radical (unpaired) electrons. The van der Waals surface area contributed by atoms with Gasteiger partial charge in [0.25, 0.3) is 10.8 Å². The Morgan fingerprint density at radius 3 is 2.19 bits per heavy atom. The van der Waals surface area contributed by atoms with E-state index in [4.69, 9.17) is 16.9 Å². The minimum absolute atomic E-state index is 0.0504. The van der Waals surface area contributed by atoms with Crippen LogP contribution in [0.15, 0.2) is 0 Å². The Morgan fingerprint density at radius 1 is 1.26 bits per heavy atom. The van der Waals surface area contributed by atoms with Crippen molar-refractivity contribution in [2.75, 3.05) is 20.1 Å². The highest BCUT2D eigenvalue weighted by atomic mass is 31.2. The van der Waals surface area contributed by atoms with Gasteiger partial charge < -0.3 is 37.2 Å². The number of hydrogen-bond donors (Lipinski definition) is 8. The smallest absolute Gasteiger partial charge is 0.370 e. The molecule has 0 aromatic heterocycles. The number of guanidine groups is 1. The van der Waals surface area contributed by atoms with Gasteiger partial charge in [-0.3, -0.25) is 14.8 Å². The van der Waals surface area contributed by atoms with Crippen molar-refractivity contribution in [3.05, 3.63) is 10.1 Å². The van der Waals surface area contributed by atoms with Crippen LogP contribution in [0.5, 0.6) is 0 Å². The van der Waals surface area contributed by atoms with E-state index < -0.39 is 52.8 Å². The number of imide groups is 1. The van der Waals surface area contributed by atoms with Crippen molar-refractivity contribution < 1.29 is 38.4 Å². The van der Waals surface area contributed by atoms with Crippen LogP contribution >= 0.6 is 7.60 Å². The molecule has 0 saturated carbocycles. The van der Waals surface area contributed by atoms with E-state index in [1.165, 1.54) is 7.05 Å². The molecule has 0 heterocycles. The highest BCUT2D eigenvalue weighted by Crippen LogP contribution is 2.47. The molecule has 0 saturated heterocycles. The van der Waals surface area contributed by atoms with Gasteiger partial charge in [0, 0.05) is 13.5 Å². The Hall–Kier alpha value is -2.49. The minimum Gasteiger partial charge on any atom is -0.370 e. The highest BCUT2D eigenvalue weighted by molar-refractivity contribution is 7.52. The normalized spacial score (nSPS) is 16.3. The molecule has 17 heteroatoms. The molecule has 31 heavy (non-hydrogen) atoms. The molecule has 0 aliphatic rings. The molecule has 0 aliphatic heterocycles. The predicted molar refractivity (Wildman–Crippen MR) is 107 cm³/mol. The van der Waals surface area contributed by atoms with Crippen LogP contribution < -0.4 is 27.4 Å². The molecule has 0 aromatic carbocycles. The lowest BCUT2D eigenvalue weighted by Gasteiger charge is -2.31. The molecular weight excluding hydrogens is 439 g/mol. The van der Waals surface area contributed by atoms with E-state index in [1.807, 2.05) is 0 Å². The van der Waals surface area contributed by atoms with Gasteiger partial charge in [0.05, 0.1) is 11.1 Å². The van der Waals surface area contributed by atoms with Gasteiger partial charge in [0.1, 0.15) is 6.04 Å². The monoisotopic (exact) mass is 469 g/mol. The summed E-state index contributed by atoms with van der Waals surface area (Å²) < 4.78 is 9.39. The van der Waals surface area contributed by atoms with Gasteiger partial charge in [-0.25, -0.2) is 19.7 Å². The van der Waals surface area contributed by atoms with Crippen LogP contribution in [0.3, 0.4) is 0 Å². The van der Waals surface area contributed by atoms with E-state index in [-0.39, 0.29) is 31.9 Å². The summed E-state index contributed by atoms with van der Waals surface area (Å²) in [5.74, 6) is -6.65. The standard InChI is InChI=1S/C14H29N8O8P/c1-8(15)12(24)22(21(26)27,9(2)31(28,29)30)13(25)10(20-11(23)7-18-3)5-4-6-19-14(16)17/h8-10,18H,4-7,15H2,1-3H3,(H6-,16,17,19,20,23,28,29,30)/p+1/t8-,9+,10-,22?/m0/s1. The second-order valence-corrected chi connectivity index (χ2v) is 8.67. The average Bonchev–Trinajstić information content (AvgIpc) is 2.63. The molecule has 3 amide bonds. The van der Waals surface area contributed by atoms with Gasteiger partial charge in [-0.15, -0.1) is 0 Å².